The van der Waals surface area contributed by atoms with Gasteiger partial charge in [-0.1, -0.05) is 36.6 Å². The van der Waals surface area contributed by atoms with Gasteiger partial charge in [-0.3, -0.25) is 4.90 Å². The fraction of sp³-hybridized carbons (Fsp3) is 0.625. The van der Waals surface area contributed by atoms with Crippen molar-refractivity contribution in [1.29, 1.82) is 0 Å². The van der Waals surface area contributed by atoms with Gasteiger partial charge in [0.05, 0.1) is 10.6 Å². The van der Waals surface area contributed by atoms with Gasteiger partial charge in [0.25, 0.3) is 0 Å². The van der Waals surface area contributed by atoms with Gasteiger partial charge < -0.3 is 5.11 Å². The van der Waals surface area contributed by atoms with Gasteiger partial charge in [-0.15, -0.1) is 0 Å². The number of aliphatic hydroxyl groups is 1. The molecule has 1 saturated heterocycles. The number of piperidine rings is 1. The lowest BCUT2D eigenvalue weighted by Crippen LogP contribution is -2.52. The highest BCUT2D eigenvalue weighted by molar-refractivity contribution is 6.31. The van der Waals surface area contributed by atoms with Crippen LogP contribution in [0.15, 0.2) is 18.2 Å². The van der Waals surface area contributed by atoms with E-state index in [-0.39, 0.29) is 10.8 Å². The van der Waals surface area contributed by atoms with Crippen molar-refractivity contribution in [2.45, 2.75) is 44.2 Å². The van der Waals surface area contributed by atoms with E-state index >= 15 is 0 Å². The lowest BCUT2D eigenvalue weighted by atomic mass is 9.71. The van der Waals surface area contributed by atoms with Gasteiger partial charge in [0.1, 0.15) is 5.82 Å². The maximum Gasteiger partial charge on any atom is 0.142 e. The summed E-state index contributed by atoms with van der Waals surface area (Å²) in [5, 5.41) is 10.9. The Bertz CT molecular complexity index is 495. The van der Waals surface area contributed by atoms with E-state index in [1.807, 2.05) is 6.07 Å². The molecule has 1 aliphatic carbocycles. The largest absolute Gasteiger partial charge is 0.390 e. The average Bonchev–Trinajstić information content (AvgIpc) is 2.44. The number of halogens is 2. The zero-order chi connectivity index (χ0) is 14.2. The topological polar surface area (TPSA) is 23.5 Å². The minimum atomic E-state index is -0.458. The molecule has 1 aromatic carbocycles. The maximum atomic E-state index is 13.5. The molecule has 1 N–H and O–H groups in total. The summed E-state index contributed by atoms with van der Waals surface area (Å²) in [7, 11) is 0. The molecule has 1 aliphatic heterocycles. The van der Waals surface area contributed by atoms with Crippen LogP contribution >= 0.6 is 11.6 Å². The minimum absolute atomic E-state index is 0.233. The van der Waals surface area contributed by atoms with Crippen LogP contribution in [0.1, 0.15) is 37.7 Å². The molecule has 1 heterocycles. The number of rotatable bonds is 2. The van der Waals surface area contributed by atoms with Crippen LogP contribution in [0.2, 0.25) is 5.02 Å². The lowest BCUT2D eigenvalue weighted by molar-refractivity contribution is -0.0967. The minimum Gasteiger partial charge on any atom is -0.390 e. The first-order chi connectivity index (χ1) is 9.58. The molecule has 110 valence electrons. The van der Waals surface area contributed by atoms with Gasteiger partial charge in [-0.25, -0.2) is 4.39 Å². The monoisotopic (exact) mass is 297 g/mol. The third kappa shape index (κ3) is 2.72. The maximum absolute atomic E-state index is 13.5. The second-order valence-corrected chi connectivity index (χ2v) is 6.62. The Labute approximate surface area is 124 Å². The fourth-order valence-electron chi connectivity index (χ4n) is 3.69. The van der Waals surface area contributed by atoms with Crippen LogP contribution in [0.3, 0.4) is 0 Å². The molecule has 2 fully saturated rings. The molecule has 3 rings (SSSR count). The SMILES string of the molecule is OC12CCCCC1CN(Cc1cccc(F)c1Cl)CC2. The third-order valence-electron chi connectivity index (χ3n) is 4.94. The molecule has 2 unspecified atom stereocenters. The van der Waals surface area contributed by atoms with E-state index in [2.05, 4.69) is 4.90 Å². The predicted molar refractivity (Wildman–Crippen MR) is 78.2 cm³/mol. The number of benzene rings is 1. The zero-order valence-electron chi connectivity index (χ0n) is 11.6. The molecule has 0 amide bonds. The first-order valence-electron chi connectivity index (χ1n) is 7.46. The van der Waals surface area contributed by atoms with E-state index in [0.29, 0.717) is 12.5 Å². The normalized spacial score (nSPS) is 31.1. The van der Waals surface area contributed by atoms with Crippen molar-refractivity contribution in [3.05, 3.63) is 34.6 Å². The summed E-state index contributed by atoms with van der Waals surface area (Å²) in [4.78, 5) is 2.30. The number of hydrogen-bond donors (Lipinski definition) is 1. The predicted octanol–water partition coefficient (Wildman–Crippen LogP) is 3.61. The molecule has 2 aliphatic rings. The van der Waals surface area contributed by atoms with Crippen molar-refractivity contribution < 1.29 is 9.50 Å². The average molecular weight is 298 g/mol. The smallest absolute Gasteiger partial charge is 0.142 e. The summed E-state index contributed by atoms with van der Waals surface area (Å²) in [5.41, 5.74) is 0.383. The van der Waals surface area contributed by atoms with Gasteiger partial charge in [-0.05, 0) is 30.9 Å². The summed E-state index contributed by atoms with van der Waals surface area (Å²) in [6, 6.07) is 4.98. The molecule has 2 nitrogen and oxygen atoms in total. The van der Waals surface area contributed by atoms with Crippen LogP contribution in [0, 0.1) is 11.7 Å². The summed E-state index contributed by atoms with van der Waals surface area (Å²) in [6.45, 7) is 2.42. The van der Waals surface area contributed by atoms with Crippen LogP contribution < -0.4 is 0 Å². The molecule has 1 aromatic rings. The van der Waals surface area contributed by atoms with Crippen molar-refractivity contribution in [1.82, 2.24) is 4.90 Å². The Morgan fingerprint density at radius 2 is 2.20 bits per heavy atom. The molecule has 0 bridgehead atoms. The van der Waals surface area contributed by atoms with Gasteiger partial charge in [-0.2, -0.15) is 0 Å². The van der Waals surface area contributed by atoms with Crippen LogP contribution in [0.5, 0.6) is 0 Å². The Morgan fingerprint density at radius 1 is 1.35 bits per heavy atom. The van der Waals surface area contributed by atoms with E-state index in [9.17, 15) is 9.50 Å². The van der Waals surface area contributed by atoms with E-state index in [1.54, 1.807) is 6.07 Å². The Hall–Kier alpha value is -0.640. The van der Waals surface area contributed by atoms with Crippen molar-refractivity contribution in [2.75, 3.05) is 13.1 Å². The number of nitrogens with zero attached hydrogens (tertiary/aromatic N) is 1. The van der Waals surface area contributed by atoms with Gasteiger partial charge in [0.15, 0.2) is 0 Å². The third-order valence-corrected chi connectivity index (χ3v) is 5.36. The molecular weight excluding hydrogens is 277 g/mol. The second-order valence-electron chi connectivity index (χ2n) is 6.24. The van der Waals surface area contributed by atoms with E-state index in [1.165, 1.54) is 12.5 Å². The van der Waals surface area contributed by atoms with Gasteiger partial charge in [0, 0.05) is 25.6 Å². The molecular formula is C16H21ClFNO. The first-order valence-corrected chi connectivity index (χ1v) is 7.84. The Balaban J connectivity index is 1.69. The zero-order valence-corrected chi connectivity index (χ0v) is 12.4. The second kappa shape index (κ2) is 5.63. The van der Waals surface area contributed by atoms with E-state index in [0.717, 1.165) is 44.3 Å². The highest BCUT2D eigenvalue weighted by atomic mass is 35.5. The van der Waals surface area contributed by atoms with Crippen molar-refractivity contribution in [2.24, 2.45) is 5.92 Å². The van der Waals surface area contributed by atoms with Crippen LogP contribution in [-0.4, -0.2) is 28.7 Å². The van der Waals surface area contributed by atoms with E-state index in [4.69, 9.17) is 11.6 Å². The lowest BCUT2D eigenvalue weighted by Gasteiger charge is -2.47. The fourth-order valence-corrected chi connectivity index (χ4v) is 3.88. The Kier molecular flexibility index (Phi) is 4.02. The number of fused-ring (bicyclic) bond motifs is 1. The molecule has 0 aromatic heterocycles. The van der Waals surface area contributed by atoms with Crippen LogP contribution in [0.4, 0.5) is 4.39 Å². The molecule has 1 saturated carbocycles. The number of likely N-dealkylation sites (tertiary alicyclic amines) is 1. The first kappa shape index (κ1) is 14.3. The molecule has 0 radical (unpaired) electrons. The molecule has 20 heavy (non-hydrogen) atoms. The van der Waals surface area contributed by atoms with Crippen molar-refractivity contribution in [3.63, 3.8) is 0 Å². The summed E-state index contributed by atoms with van der Waals surface area (Å²) in [5.74, 6) is 0.00711. The van der Waals surface area contributed by atoms with Gasteiger partial charge >= 0.3 is 0 Å². The summed E-state index contributed by atoms with van der Waals surface area (Å²) >= 11 is 6.03. The molecule has 0 spiro atoms. The van der Waals surface area contributed by atoms with Gasteiger partial charge in [0.2, 0.25) is 0 Å². The summed E-state index contributed by atoms with van der Waals surface area (Å²) < 4.78 is 13.5. The number of hydrogen-bond acceptors (Lipinski definition) is 2. The summed E-state index contributed by atoms with van der Waals surface area (Å²) in [6.07, 6.45) is 5.21. The Morgan fingerprint density at radius 3 is 3.05 bits per heavy atom. The highest BCUT2D eigenvalue weighted by Gasteiger charge is 2.42. The van der Waals surface area contributed by atoms with E-state index < -0.39 is 5.60 Å². The van der Waals surface area contributed by atoms with Crippen LogP contribution in [-0.2, 0) is 6.54 Å². The van der Waals surface area contributed by atoms with Crippen molar-refractivity contribution in [3.8, 4) is 0 Å². The van der Waals surface area contributed by atoms with Crippen molar-refractivity contribution >= 4 is 11.6 Å². The standard InChI is InChI=1S/C16H21ClFNO/c17-15-12(4-3-6-14(15)18)10-19-9-8-16(20)7-2-1-5-13(16)11-19/h3-4,6,13,20H,1-2,5,7-11H2. The molecule has 4 heteroatoms. The molecule has 2 atom stereocenters. The quantitative estimate of drug-likeness (QED) is 0.901. The van der Waals surface area contributed by atoms with Crippen LogP contribution in [0.25, 0.3) is 0 Å². The highest BCUT2D eigenvalue weighted by Crippen LogP contribution is 2.40.